The third kappa shape index (κ3) is 5.34. The summed E-state index contributed by atoms with van der Waals surface area (Å²) in [6.07, 6.45) is 0. The Morgan fingerprint density at radius 3 is 2.46 bits per heavy atom. The van der Waals surface area contributed by atoms with Crippen LogP contribution in [0.4, 0.5) is 5.69 Å². The molecule has 4 rings (SSSR count). The maximum atomic E-state index is 13.7. The van der Waals surface area contributed by atoms with Crippen molar-refractivity contribution >= 4 is 17.1 Å². The SMILES string of the molecule is CCOc1cc(C(C)C)c2nn(CC(=O)c3cc(N4CCOCC4)c(OC)c(C(C)(C)C)c3)c(=N)n2n1. The van der Waals surface area contributed by atoms with Crippen molar-refractivity contribution in [1.29, 1.82) is 5.41 Å². The van der Waals surface area contributed by atoms with Gasteiger partial charge in [-0.3, -0.25) is 10.2 Å². The summed E-state index contributed by atoms with van der Waals surface area (Å²) in [7, 11) is 1.67. The van der Waals surface area contributed by atoms with Gasteiger partial charge in [0, 0.05) is 35.8 Å². The first-order valence-corrected chi connectivity index (χ1v) is 12.8. The topological polar surface area (TPSA) is 107 Å². The maximum absolute atomic E-state index is 13.7. The summed E-state index contributed by atoms with van der Waals surface area (Å²) in [5, 5.41) is 17.7. The highest BCUT2D eigenvalue weighted by Crippen LogP contribution is 2.40. The minimum absolute atomic E-state index is 0.0183. The lowest BCUT2D eigenvalue weighted by atomic mass is 9.84. The fraction of sp³-hybridized carbons (Fsp3) is 0.556. The van der Waals surface area contributed by atoms with E-state index in [4.69, 9.17) is 19.6 Å². The number of carbonyl (C=O) groups excluding carboxylic acids is 1. The Labute approximate surface area is 217 Å². The molecular formula is C27H38N6O4. The molecule has 0 spiro atoms. The van der Waals surface area contributed by atoms with E-state index in [1.807, 2.05) is 25.1 Å². The molecule has 10 nitrogen and oxygen atoms in total. The number of hydrogen-bond acceptors (Lipinski definition) is 8. The van der Waals surface area contributed by atoms with E-state index in [0.29, 0.717) is 36.9 Å². The van der Waals surface area contributed by atoms with Gasteiger partial charge in [0.2, 0.25) is 11.5 Å². The molecule has 1 saturated heterocycles. The van der Waals surface area contributed by atoms with Crippen LogP contribution < -0.4 is 20.0 Å². The standard InChI is InChI=1S/C27H38N6O4/c1-8-37-23-15-19(17(2)3)25-30-32(26(28)33(25)29-23)16-22(34)18-13-20(27(4,5)6)24(35-7)21(14-18)31-9-11-36-12-10-31/h13-15,17,28H,8-12,16H2,1-7H3. The number of benzene rings is 1. The Balaban J connectivity index is 1.78. The molecule has 0 saturated carbocycles. The molecule has 0 unspecified atom stereocenters. The molecule has 0 atom stereocenters. The molecule has 1 aliphatic heterocycles. The lowest BCUT2D eigenvalue weighted by Crippen LogP contribution is -2.37. The third-order valence-corrected chi connectivity index (χ3v) is 6.56. The Hall–Kier alpha value is -3.40. The highest BCUT2D eigenvalue weighted by Gasteiger charge is 2.27. The van der Waals surface area contributed by atoms with Crippen LogP contribution in [0.1, 0.15) is 68.9 Å². The molecule has 37 heavy (non-hydrogen) atoms. The molecule has 0 amide bonds. The molecule has 3 heterocycles. The van der Waals surface area contributed by atoms with E-state index in [1.165, 1.54) is 9.20 Å². The number of nitrogens with zero attached hydrogens (tertiary/aromatic N) is 5. The monoisotopic (exact) mass is 510 g/mol. The second-order valence-electron chi connectivity index (χ2n) is 10.6. The van der Waals surface area contributed by atoms with Crippen LogP contribution in [0.2, 0.25) is 0 Å². The van der Waals surface area contributed by atoms with Crippen LogP contribution >= 0.6 is 0 Å². The van der Waals surface area contributed by atoms with Crippen molar-refractivity contribution in [2.75, 3.05) is 44.9 Å². The van der Waals surface area contributed by atoms with Crippen LogP contribution in [0.25, 0.3) is 5.65 Å². The number of ether oxygens (including phenoxy) is 3. The molecule has 200 valence electrons. The van der Waals surface area contributed by atoms with Crippen molar-refractivity contribution in [2.45, 2.75) is 59.4 Å². The van der Waals surface area contributed by atoms with Gasteiger partial charge in [-0.25, -0.2) is 4.68 Å². The van der Waals surface area contributed by atoms with Crippen LogP contribution in [0.15, 0.2) is 18.2 Å². The van der Waals surface area contributed by atoms with Gasteiger partial charge in [0.15, 0.2) is 11.4 Å². The summed E-state index contributed by atoms with van der Waals surface area (Å²) >= 11 is 0. The van der Waals surface area contributed by atoms with Crippen molar-refractivity contribution in [3.05, 3.63) is 40.5 Å². The van der Waals surface area contributed by atoms with E-state index in [-0.39, 0.29) is 29.3 Å². The second-order valence-corrected chi connectivity index (χ2v) is 10.6. The predicted octanol–water partition coefficient (Wildman–Crippen LogP) is 3.56. The van der Waals surface area contributed by atoms with Gasteiger partial charge in [-0.05, 0) is 30.4 Å². The smallest absolute Gasteiger partial charge is 0.242 e. The average Bonchev–Trinajstić information content (AvgIpc) is 3.17. The number of morpholine rings is 1. The number of aromatic nitrogens is 4. The van der Waals surface area contributed by atoms with Gasteiger partial charge in [0.1, 0.15) is 12.3 Å². The van der Waals surface area contributed by atoms with Crippen molar-refractivity contribution < 1.29 is 19.0 Å². The van der Waals surface area contributed by atoms with Gasteiger partial charge in [-0.15, -0.1) is 10.2 Å². The molecule has 2 aromatic heterocycles. The van der Waals surface area contributed by atoms with E-state index in [0.717, 1.165) is 35.7 Å². The molecule has 0 radical (unpaired) electrons. The zero-order valence-corrected chi connectivity index (χ0v) is 22.9. The highest BCUT2D eigenvalue weighted by atomic mass is 16.5. The molecule has 1 N–H and O–H groups in total. The van der Waals surface area contributed by atoms with Crippen molar-refractivity contribution in [3.63, 3.8) is 0 Å². The summed E-state index contributed by atoms with van der Waals surface area (Å²) < 4.78 is 19.9. The molecule has 0 bridgehead atoms. The number of hydrogen-bond donors (Lipinski definition) is 1. The number of methoxy groups -OCH3 is 1. The Bertz CT molecular complexity index is 1350. The average molecular weight is 511 g/mol. The van der Waals surface area contributed by atoms with Gasteiger partial charge < -0.3 is 19.1 Å². The predicted molar refractivity (Wildman–Crippen MR) is 141 cm³/mol. The van der Waals surface area contributed by atoms with Gasteiger partial charge in [0.25, 0.3) is 0 Å². The minimum atomic E-state index is -0.245. The number of rotatable bonds is 8. The number of anilines is 1. The number of nitrogens with one attached hydrogen (secondary N) is 1. The number of Topliss-reactive ketones (excluding diaryl/α,β-unsaturated/α-hetero) is 1. The van der Waals surface area contributed by atoms with Crippen LogP contribution in [-0.2, 0) is 16.7 Å². The van der Waals surface area contributed by atoms with Crippen LogP contribution in [0, 0.1) is 5.41 Å². The Morgan fingerprint density at radius 1 is 1.16 bits per heavy atom. The van der Waals surface area contributed by atoms with Crippen molar-refractivity contribution in [1.82, 2.24) is 19.4 Å². The minimum Gasteiger partial charge on any atom is -0.494 e. The van der Waals surface area contributed by atoms with Crippen LogP contribution in [-0.4, -0.2) is 65.2 Å². The Morgan fingerprint density at radius 2 is 1.86 bits per heavy atom. The fourth-order valence-electron chi connectivity index (χ4n) is 4.58. The van der Waals surface area contributed by atoms with Crippen molar-refractivity contribution in [3.8, 4) is 11.6 Å². The first-order valence-electron chi connectivity index (χ1n) is 12.8. The molecule has 10 heteroatoms. The van der Waals surface area contributed by atoms with Gasteiger partial charge in [0.05, 0.1) is 32.6 Å². The third-order valence-electron chi connectivity index (χ3n) is 6.56. The summed E-state index contributed by atoms with van der Waals surface area (Å²) in [5.74, 6) is 1.22. The molecular weight excluding hydrogens is 472 g/mol. The van der Waals surface area contributed by atoms with E-state index in [9.17, 15) is 4.79 Å². The first kappa shape index (κ1) is 26.7. The quantitative estimate of drug-likeness (QED) is 0.462. The number of carbonyl (C=O) groups is 1. The van der Waals surface area contributed by atoms with E-state index in [2.05, 4.69) is 49.7 Å². The summed E-state index contributed by atoms with van der Waals surface area (Å²) in [6.45, 7) is 15.4. The van der Waals surface area contributed by atoms with Gasteiger partial charge in [-0.1, -0.05) is 34.6 Å². The zero-order valence-electron chi connectivity index (χ0n) is 22.9. The maximum Gasteiger partial charge on any atom is 0.242 e. The van der Waals surface area contributed by atoms with Gasteiger partial charge >= 0.3 is 0 Å². The normalized spacial score (nSPS) is 14.4. The Kier molecular flexibility index (Phi) is 7.59. The molecule has 1 fully saturated rings. The second kappa shape index (κ2) is 10.5. The van der Waals surface area contributed by atoms with Gasteiger partial charge in [-0.2, -0.15) is 4.52 Å². The van der Waals surface area contributed by atoms with E-state index < -0.39 is 0 Å². The molecule has 3 aromatic rings. The number of ketones is 1. The lowest BCUT2D eigenvalue weighted by Gasteiger charge is -2.33. The fourth-order valence-corrected chi connectivity index (χ4v) is 4.58. The molecule has 1 aromatic carbocycles. The lowest BCUT2D eigenvalue weighted by molar-refractivity contribution is 0.0965. The largest absolute Gasteiger partial charge is 0.494 e. The summed E-state index contributed by atoms with van der Waals surface area (Å²) in [5.41, 5.74) is 3.64. The summed E-state index contributed by atoms with van der Waals surface area (Å²) in [6, 6.07) is 5.67. The summed E-state index contributed by atoms with van der Waals surface area (Å²) in [4.78, 5) is 15.9. The molecule has 0 aliphatic carbocycles. The van der Waals surface area contributed by atoms with E-state index in [1.54, 1.807) is 7.11 Å². The van der Waals surface area contributed by atoms with Crippen molar-refractivity contribution in [2.24, 2.45) is 0 Å². The van der Waals surface area contributed by atoms with Crippen LogP contribution in [0.3, 0.4) is 0 Å². The first-order chi connectivity index (χ1) is 17.5. The van der Waals surface area contributed by atoms with Crippen LogP contribution in [0.5, 0.6) is 11.6 Å². The zero-order chi connectivity index (χ0) is 26.9. The molecule has 1 aliphatic rings. The number of fused-ring (bicyclic) bond motifs is 1. The van der Waals surface area contributed by atoms with E-state index >= 15 is 0 Å². The highest BCUT2D eigenvalue weighted by molar-refractivity contribution is 5.97.